The van der Waals surface area contributed by atoms with Crippen molar-refractivity contribution in [2.75, 3.05) is 6.54 Å². The third-order valence-electron chi connectivity index (χ3n) is 3.01. The van der Waals surface area contributed by atoms with Crippen LogP contribution in [-0.4, -0.2) is 29.4 Å². The summed E-state index contributed by atoms with van der Waals surface area (Å²) in [4.78, 5) is 2.48. The van der Waals surface area contributed by atoms with E-state index in [9.17, 15) is 0 Å². The molecule has 3 heteroatoms. The number of nitrogens with two attached hydrogens (primary N) is 1. The largest absolute Gasteiger partial charge is 0.388 e. The zero-order valence-corrected chi connectivity index (χ0v) is 10.7. The van der Waals surface area contributed by atoms with Gasteiger partial charge in [-0.3, -0.25) is 10.3 Å². The summed E-state index contributed by atoms with van der Waals surface area (Å²) in [6.45, 7) is 9.98. The fraction of sp³-hybridized carbons (Fsp3) is 0.917. The van der Waals surface area contributed by atoms with E-state index in [1.54, 1.807) is 0 Å². The van der Waals surface area contributed by atoms with Crippen molar-refractivity contribution in [2.45, 2.75) is 65.5 Å². The molecule has 2 atom stereocenters. The predicted molar refractivity (Wildman–Crippen MR) is 67.4 cm³/mol. The minimum absolute atomic E-state index is 0.298. The minimum atomic E-state index is 0.298. The number of hydrogen-bond acceptors (Lipinski definition) is 2. The third kappa shape index (κ3) is 5.78. The Bertz CT molecular complexity index is 180. The van der Waals surface area contributed by atoms with Gasteiger partial charge in [0, 0.05) is 18.5 Å². The van der Waals surface area contributed by atoms with Crippen molar-refractivity contribution < 1.29 is 0 Å². The molecular weight excluding hydrogens is 186 g/mol. The summed E-state index contributed by atoms with van der Waals surface area (Å²) >= 11 is 0. The standard InChI is InChI=1S/C12H27N3/c1-5-7-8-15(10(3)6-2)11(4)9-12(13)14/h10-11H,5-9H2,1-4H3,(H3,13,14). The van der Waals surface area contributed by atoms with E-state index < -0.39 is 0 Å². The zero-order valence-electron chi connectivity index (χ0n) is 10.7. The Hall–Kier alpha value is -0.570. The molecule has 0 rings (SSSR count). The fourth-order valence-electron chi connectivity index (χ4n) is 1.89. The lowest BCUT2D eigenvalue weighted by Gasteiger charge is -2.34. The van der Waals surface area contributed by atoms with Gasteiger partial charge in [-0.05, 0) is 33.2 Å². The highest BCUT2D eigenvalue weighted by Crippen LogP contribution is 2.12. The van der Waals surface area contributed by atoms with E-state index in [2.05, 4.69) is 32.6 Å². The normalized spacial score (nSPS) is 15.3. The Morgan fingerprint density at radius 3 is 2.27 bits per heavy atom. The van der Waals surface area contributed by atoms with Crippen LogP contribution in [0.4, 0.5) is 0 Å². The van der Waals surface area contributed by atoms with Gasteiger partial charge in [-0.1, -0.05) is 20.3 Å². The van der Waals surface area contributed by atoms with Crippen LogP contribution in [0.3, 0.4) is 0 Å². The summed E-state index contributed by atoms with van der Waals surface area (Å²) in [5, 5.41) is 7.34. The number of nitrogens with zero attached hydrogens (tertiary/aromatic N) is 1. The lowest BCUT2D eigenvalue weighted by molar-refractivity contribution is 0.150. The van der Waals surface area contributed by atoms with Crippen LogP contribution in [0, 0.1) is 5.41 Å². The zero-order chi connectivity index (χ0) is 11.8. The molecule has 2 unspecified atom stereocenters. The van der Waals surface area contributed by atoms with Crippen molar-refractivity contribution in [2.24, 2.45) is 5.73 Å². The topological polar surface area (TPSA) is 53.1 Å². The molecule has 0 aliphatic carbocycles. The number of nitrogens with one attached hydrogen (secondary N) is 1. The molecule has 0 aromatic carbocycles. The highest BCUT2D eigenvalue weighted by atomic mass is 15.2. The Morgan fingerprint density at radius 1 is 1.27 bits per heavy atom. The van der Waals surface area contributed by atoms with Crippen LogP contribution >= 0.6 is 0 Å². The molecule has 0 radical (unpaired) electrons. The Kier molecular flexibility index (Phi) is 7.39. The van der Waals surface area contributed by atoms with Crippen molar-refractivity contribution in [1.82, 2.24) is 4.90 Å². The van der Waals surface area contributed by atoms with Gasteiger partial charge in [-0.25, -0.2) is 0 Å². The van der Waals surface area contributed by atoms with Crippen molar-refractivity contribution >= 4 is 5.84 Å². The Morgan fingerprint density at radius 2 is 1.87 bits per heavy atom. The van der Waals surface area contributed by atoms with E-state index >= 15 is 0 Å². The summed E-state index contributed by atoms with van der Waals surface area (Å²) in [6.07, 6.45) is 4.30. The second-order valence-corrected chi connectivity index (χ2v) is 4.43. The number of rotatable bonds is 8. The summed E-state index contributed by atoms with van der Waals surface area (Å²) in [7, 11) is 0. The van der Waals surface area contributed by atoms with E-state index in [-0.39, 0.29) is 0 Å². The molecule has 0 bridgehead atoms. The molecule has 0 fully saturated rings. The molecule has 90 valence electrons. The van der Waals surface area contributed by atoms with Gasteiger partial charge in [-0.15, -0.1) is 0 Å². The lowest BCUT2D eigenvalue weighted by atomic mass is 10.1. The maximum Gasteiger partial charge on any atom is 0.0920 e. The van der Waals surface area contributed by atoms with Gasteiger partial charge in [0.05, 0.1) is 5.84 Å². The lowest BCUT2D eigenvalue weighted by Crippen LogP contribution is -2.42. The molecule has 0 aromatic heterocycles. The Labute approximate surface area is 94.5 Å². The molecule has 0 saturated heterocycles. The molecule has 0 aromatic rings. The monoisotopic (exact) mass is 213 g/mol. The van der Waals surface area contributed by atoms with Crippen LogP contribution in [0.5, 0.6) is 0 Å². The maximum atomic E-state index is 7.34. The van der Waals surface area contributed by atoms with E-state index in [1.165, 1.54) is 12.8 Å². The first-order chi connectivity index (χ1) is 7.02. The summed E-state index contributed by atoms with van der Waals surface area (Å²) in [6, 6.07) is 0.981. The molecular formula is C12H27N3. The molecule has 0 spiro atoms. The number of hydrogen-bond donors (Lipinski definition) is 2. The van der Waals surface area contributed by atoms with Gasteiger partial charge in [0.1, 0.15) is 0 Å². The summed E-state index contributed by atoms with van der Waals surface area (Å²) < 4.78 is 0. The summed E-state index contributed by atoms with van der Waals surface area (Å²) in [5.41, 5.74) is 5.46. The number of unbranched alkanes of at least 4 members (excludes halogenated alkanes) is 1. The van der Waals surface area contributed by atoms with Crippen molar-refractivity contribution in [1.29, 1.82) is 5.41 Å². The van der Waals surface area contributed by atoms with Gasteiger partial charge >= 0.3 is 0 Å². The third-order valence-corrected chi connectivity index (χ3v) is 3.01. The van der Waals surface area contributed by atoms with Gasteiger partial charge < -0.3 is 5.73 Å². The second kappa shape index (κ2) is 7.69. The molecule has 3 N–H and O–H groups in total. The first kappa shape index (κ1) is 14.4. The van der Waals surface area contributed by atoms with Crippen LogP contribution in [0.25, 0.3) is 0 Å². The average molecular weight is 213 g/mol. The van der Waals surface area contributed by atoms with E-state index in [1.807, 2.05) is 0 Å². The van der Waals surface area contributed by atoms with Gasteiger partial charge in [0.15, 0.2) is 0 Å². The minimum Gasteiger partial charge on any atom is -0.388 e. The quantitative estimate of drug-likeness (QED) is 0.481. The molecule has 15 heavy (non-hydrogen) atoms. The van der Waals surface area contributed by atoms with E-state index in [0.29, 0.717) is 24.3 Å². The van der Waals surface area contributed by atoms with Crippen LogP contribution < -0.4 is 5.73 Å². The van der Waals surface area contributed by atoms with Crippen LogP contribution in [0.2, 0.25) is 0 Å². The van der Waals surface area contributed by atoms with Gasteiger partial charge in [0.25, 0.3) is 0 Å². The number of amidine groups is 1. The highest BCUT2D eigenvalue weighted by Gasteiger charge is 2.18. The molecule has 0 amide bonds. The summed E-state index contributed by atoms with van der Waals surface area (Å²) in [5.74, 6) is 0.298. The molecule has 0 saturated carbocycles. The SMILES string of the molecule is CCCCN(C(C)CC)C(C)CC(=N)N. The molecule has 0 aliphatic rings. The highest BCUT2D eigenvalue weighted by molar-refractivity contribution is 5.77. The van der Waals surface area contributed by atoms with Crippen LogP contribution in [0.15, 0.2) is 0 Å². The van der Waals surface area contributed by atoms with E-state index in [0.717, 1.165) is 13.0 Å². The fourth-order valence-corrected chi connectivity index (χ4v) is 1.89. The van der Waals surface area contributed by atoms with Crippen molar-refractivity contribution in [3.05, 3.63) is 0 Å². The molecule has 0 aliphatic heterocycles. The predicted octanol–water partition coefficient (Wildman–Crippen LogP) is 2.60. The second-order valence-electron chi connectivity index (χ2n) is 4.43. The Balaban J connectivity index is 4.25. The molecule has 0 heterocycles. The maximum absolute atomic E-state index is 7.34. The smallest absolute Gasteiger partial charge is 0.0920 e. The van der Waals surface area contributed by atoms with Crippen LogP contribution in [-0.2, 0) is 0 Å². The molecule has 3 nitrogen and oxygen atoms in total. The van der Waals surface area contributed by atoms with Gasteiger partial charge in [0.2, 0.25) is 0 Å². The first-order valence-electron chi connectivity index (χ1n) is 6.11. The first-order valence-corrected chi connectivity index (χ1v) is 6.11. The van der Waals surface area contributed by atoms with Crippen molar-refractivity contribution in [3.8, 4) is 0 Å². The average Bonchev–Trinajstić information content (AvgIpc) is 2.16. The van der Waals surface area contributed by atoms with Crippen molar-refractivity contribution in [3.63, 3.8) is 0 Å². The van der Waals surface area contributed by atoms with Gasteiger partial charge in [-0.2, -0.15) is 0 Å². The van der Waals surface area contributed by atoms with Crippen LogP contribution in [0.1, 0.15) is 53.4 Å². The van der Waals surface area contributed by atoms with E-state index in [4.69, 9.17) is 11.1 Å².